The second-order valence-corrected chi connectivity index (χ2v) is 50.9. The summed E-state index contributed by atoms with van der Waals surface area (Å²) in [6, 6.07) is 76.0. The lowest BCUT2D eigenvalue weighted by Gasteiger charge is -2.19. The molecule has 8 aromatic carbocycles. The van der Waals surface area contributed by atoms with Gasteiger partial charge in [-0.05, 0) is 275 Å². The molecule has 8 aromatic heterocycles. The van der Waals surface area contributed by atoms with Gasteiger partial charge in [0.1, 0.15) is 0 Å². The van der Waals surface area contributed by atoms with E-state index >= 15 is 0 Å². The lowest BCUT2D eigenvalue weighted by Crippen LogP contribution is -2.12. The van der Waals surface area contributed by atoms with Gasteiger partial charge in [-0.2, -0.15) is 0 Å². The minimum atomic E-state index is 0.173. The van der Waals surface area contributed by atoms with Crippen molar-refractivity contribution in [2.45, 2.75) is 327 Å². The molecule has 10 nitrogen and oxygen atoms in total. The van der Waals surface area contributed by atoms with Crippen molar-refractivity contribution in [1.29, 1.82) is 0 Å². The highest BCUT2D eigenvalue weighted by molar-refractivity contribution is 5.85. The van der Waals surface area contributed by atoms with Crippen LogP contribution in [-0.2, 0) is 98.2 Å². The van der Waals surface area contributed by atoms with Crippen LogP contribution < -0.4 is 0 Å². The molecular formula is C136H166N10. The summed E-state index contributed by atoms with van der Waals surface area (Å²) in [4.78, 5) is 41.3. The van der Waals surface area contributed by atoms with Gasteiger partial charge in [0.25, 0.3) is 0 Å². The summed E-state index contributed by atoms with van der Waals surface area (Å²) in [7, 11) is 0. The summed E-state index contributed by atoms with van der Waals surface area (Å²) in [5.74, 6) is 0. The third-order valence-corrected chi connectivity index (χ3v) is 27.3. The molecule has 0 amide bonds. The highest BCUT2D eigenvalue weighted by Crippen LogP contribution is 2.38. The first kappa shape index (κ1) is 112. The van der Waals surface area contributed by atoms with Crippen LogP contribution in [0, 0.1) is 0 Å². The lowest BCUT2D eigenvalue weighted by atomic mass is 9.85. The molecule has 10 heteroatoms. The number of para-hydroxylation sites is 1. The van der Waals surface area contributed by atoms with Crippen LogP contribution in [0.3, 0.4) is 0 Å². The maximum atomic E-state index is 4.46. The van der Waals surface area contributed by atoms with Crippen molar-refractivity contribution in [3.63, 3.8) is 0 Å². The molecule has 0 spiro atoms. The topological polar surface area (TPSA) is 134 Å². The Hall–Kier alpha value is -13.2. The molecule has 0 radical (unpaired) electrons. The van der Waals surface area contributed by atoms with Crippen molar-refractivity contribution in [2.24, 2.45) is 9.98 Å². The molecular weight excluding hydrogens is 1770 g/mol. The Morgan fingerprint density at radius 2 is 0.603 bits per heavy atom. The van der Waals surface area contributed by atoms with Gasteiger partial charge in [0, 0.05) is 102 Å². The Labute approximate surface area is 876 Å². The molecule has 0 atom stereocenters. The number of allylic oxidation sites excluding steroid dienone is 4. The number of benzene rings is 8. The lowest BCUT2D eigenvalue weighted by molar-refractivity contribution is 0.586. The zero-order valence-corrected chi connectivity index (χ0v) is 94.4. The van der Waals surface area contributed by atoms with Crippen LogP contribution in [0.2, 0.25) is 0 Å². The Balaban J connectivity index is 0.000000143. The zero-order chi connectivity index (χ0) is 106. The molecule has 4 aliphatic carbocycles. The number of fused-ring (bicyclic) bond motifs is 11. The predicted molar refractivity (Wildman–Crippen MR) is 634 cm³/mol. The van der Waals surface area contributed by atoms with Crippen LogP contribution in [0.15, 0.2) is 296 Å². The molecule has 10 heterocycles. The summed E-state index contributed by atoms with van der Waals surface area (Å²) in [6.07, 6.45) is 42.4. The Bertz CT molecular complexity index is 6630. The molecule has 0 saturated heterocycles. The van der Waals surface area contributed by atoms with E-state index in [1.807, 2.05) is 92.3 Å². The molecule has 0 unspecified atom stereocenters. The monoisotopic (exact) mass is 1940 g/mol. The Kier molecular flexibility index (Phi) is 35.4. The van der Waals surface area contributed by atoms with E-state index < -0.39 is 0 Å². The number of nitrogens with zero attached hydrogens (tertiary/aromatic N) is 8. The van der Waals surface area contributed by atoms with Crippen LogP contribution in [0.5, 0.6) is 0 Å². The number of aromatic nitrogens is 8. The van der Waals surface area contributed by atoms with Gasteiger partial charge < -0.3 is 9.97 Å². The predicted octanol–water partition coefficient (Wildman–Crippen LogP) is 36.1. The van der Waals surface area contributed by atoms with Gasteiger partial charge in [0.2, 0.25) is 0 Å². The smallest absolute Gasteiger partial charge is 0.0878 e. The van der Waals surface area contributed by atoms with Crippen LogP contribution in [0.25, 0.3) is 78.9 Å². The van der Waals surface area contributed by atoms with Crippen LogP contribution >= 0.6 is 0 Å². The van der Waals surface area contributed by atoms with Gasteiger partial charge in [0.15, 0.2) is 0 Å². The van der Waals surface area contributed by atoms with Crippen LogP contribution in [0.1, 0.15) is 351 Å². The van der Waals surface area contributed by atoms with Crippen molar-refractivity contribution >= 4 is 97.1 Å². The minimum absolute atomic E-state index is 0.173. The van der Waals surface area contributed by atoms with Gasteiger partial charge in [0.05, 0.1) is 51.2 Å². The fraction of sp³-hybridized carbons (Fsp3) is 0.368. The molecule has 22 rings (SSSR count). The maximum Gasteiger partial charge on any atom is 0.0878 e. The van der Waals surface area contributed by atoms with Crippen molar-refractivity contribution < 1.29 is 0 Å². The second kappa shape index (κ2) is 46.3. The first-order chi connectivity index (χ1) is 68.3. The molecule has 2 aliphatic heterocycles. The molecule has 16 aromatic rings. The number of hydrogen-bond acceptors (Lipinski definition) is 8. The highest BCUT2D eigenvalue weighted by Gasteiger charge is 2.26. The third kappa shape index (κ3) is 31.4. The number of H-pyrrole nitrogens is 2. The van der Waals surface area contributed by atoms with E-state index in [2.05, 4.69) is 509 Å². The third-order valence-electron chi connectivity index (χ3n) is 27.3. The fourth-order valence-corrected chi connectivity index (χ4v) is 17.1. The number of pyridine rings is 6. The molecule has 6 aliphatic rings. The summed E-state index contributed by atoms with van der Waals surface area (Å²) < 4.78 is 0. The van der Waals surface area contributed by atoms with Crippen molar-refractivity contribution in [2.75, 3.05) is 0 Å². The van der Waals surface area contributed by atoms with Gasteiger partial charge in [-0.1, -0.05) is 404 Å². The van der Waals surface area contributed by atoms with Crippen molar-refractivity contribution in [1.82, 2.24) is 39.9 Å². The van der Waals surface area contributed by atoms with E-state index in [0.717, 1.165) is 77.6 Å². The van der Waals surface area contributed by atoms with Crippen LogP contribution in [-0.4, -0.2) is 52.3 Å². The van der Waals surface area contributed by atoms with E-state index in [0.29, 0.717) is 0 Å². The van der Waals surface area contributed by atoms with E-state index in [1.54, 1.807) is 0 Å². The summed E-state index contributed by atoms with van der Waals surface area (Å²) in [6.45, 7) is 74.2. The minimum Gasteiger partial charge on any atom is -0.361 e. The van der Waals surface area contributed by atoms with E-state index in [4.69, 9.17) is 0 Å². The van der Waals surface area contributed by atoms with E-state index in [-0.39, 0.29) is 59.6 Å². The first-order valence-electron chi connectivity index (χ1n) is 52.6. The maximum absolute atomic E-state index is 4.46. The summed E-state index contributed by atoms with van der Waals surface area (Å²) in [5, 5.41) is 4.94. The summed E-state index contributed by atoms with van der Waals surface area (Å²) in [5.41, 5.74) is 39.9. The molecule has 2 N–H and O–H groups in total. The van der Waals surface area contributed by atoms with Gasteiger partial charge >= 0.3 is 0 Å². The van der Waals surface area contributed by atoms with Gasteiger partial charge in [-0.3, -0.25) is 39.9 Å². The quantitative estimate of drug-likeness (QED) is 0.155. The molecule has 146 heavy (non-hydrogen) atoms. The standard InChI is InChI=1S/3C13H15N.3C13H16.3C12H15N.2C11H14N2/c1-13(2,3)11-6-7-12-10(9-11)5-4-8-14-12;1-13(2,3)11-7-6-10-5-4-8-14-12(10)9-11;1-13(2,3)11-8-10-6-4-5-7-12(10)14-9-11;3*1-13(2,3)12-8-7-10-5-4-6-11(10)9-12;2*1-12(2,3)10-5-4-9-6-7-13-11(9)8-10;1-12(2,3)10-7-9-5-4-6-11(9)13-8-10;1-11(2,3)9-4-8-5-12-7-10(8)13-6-9;1-11(2,3)8-6-10-9(13-7-8)4-5-12-10/h3*4-9H,1-3H3;2*4,6-9H,5H2,1-3H3;4-5,7-9H,6H2,1-3H3;4-5,7-8H,6H2,1-3H3;4-8,13H,1-3H3;4-5,7-8H,6H2,1-3H3;4-6H,7H2,1-3H3;4-7,12H,1-3H3. The number of aliphatic imine (C=N–C) groups is 2. The average molecular weight is 1940 g/mol. The highest BCUT2D eigenvalue weighted by atomic mass is 14.8. The molecule has 0 fully saturated rings. The molecule has 0 saturated carbocycles. The van der Waals surface area contributed by atoms with Gasteiger partial charge in [-0.25, -0.2) is 0 Å². The number of nitrogens with one attached hydrogen (secondary N) is 2. The van der Waals surface area contributed by atoms with Crippen LogP contribution in [0.4, 0.5) is 5.69 Å². The molecule has 760 valence electrons. The second-order valence-electron chi connectivity index (χ2n) is 50.9. The van der Waals surface area contributed by atoms with Crippen molar-refractivity contribution in [3.8, 4) is 0 Å². The number of hydrogen-bond donors (Lipinski definition) is 2. The number of aromatic amines is 2. The van der Waals surface area contributed by atoms with Gasteiger partial charge in [-0.15, -0.1) is 0 Å². The zero-order valence-electron chi connectivity index (χ0n) is 94.4. The average Bonchev–Trinajstić information content (AvgIpc) is 1.72. The molecule has 0 bridgehead atoms. The Morgan fingerprint density at radius 3 is 1.18 bits per heavy atom. The van der Waals surface area contributed by atoms with Crippen molar-refractivity contribution in [3.05, 3.63) is 409 Å². The SMILES string of the molecule is CC(C)(C)c1ccc2c(c1)C=CC2.CC(C)(C)c1ccc2c(c1)C=CC2.CC(C)(C)c1ccc2c(c1)CC=C2.CC(C)(C)c1ccc2c(c1)N=CC2.CC(C)(C)c1ccc2cc[nH]c2c1.CC(C)(C)c1ccc2cccnc2c1.CC(C)(C)c1ccc2ncccc2c1.CC(C)(C)c1cnc2c(c1)C=CC2.CC(C)(C)c1cnc2c(c1)C=NC2.CC(C)(C)c1cnc2cc[nH]c2c1.CC(C)(C)c1cnc2ccccc2c1. The fourth-order valence-electron chi connectivity index (χ4n) is 17.1. The number of rotatable bonds is 0. The normalized spacial score (nSPS) is 13.5. The largest absolute Gasteiger partial charge is 0.361 e. The van der Waals surface area contributed by atoms with E-state index in [9.17, 15) is 0 Å². The Morgan fingerprint density at radius 1 is 0.226 bits per heavy atom. The van der Waals surface area contributed by atoms with E-state index in [1.165, 1.54) is 144 Å². The first-order valence-corrected chi connectivity index (χ1v) is 52.6. The summed E-state index contributed by atoms with van der Waals surface area (Å²) >= 11 is 0.